The molecule has 0 saturated heterocycles. The highest BCUT2D eigenvalue weighted by Crippen LogP contribution is 2.43. The van der Waals surface area contributed by atoms with Crippen LogP contribution < -0.4 is 10.1 Å². The van der Waals surface area contributed by atoms with Crippen LogP contribution in [0.1, 0.15) is 42.1 Å². The number of pyridine rings is 1. The van der Waals surface area contributed by atoms with Crippen LogP contribution in [0.3, 0.4) is 0 Å². The normalized spacial score (nSPS) is 11.8. The number of hydrogen-bond donors (Lipinski definition) is 1. The summed E-state index contributed by atoms with van der Waals surface area (Å²) >= 11 is 12.6. The number of aromatic nitrogens is 3. The number of nitrogens with zero attached hydrogens (tertiary/aromatic N) is 3. The van der Waals surface area contributed by atoms with Crippen molar-refractivity contribution in [2.75, 3.05) is 6.61 Å². The van der Waals surface area contributed by atoms with E-state index in [0.29, 0.717) is 28.6 Å². The van der Waals surface area contributed by atoms with Gasteiger partial charge in [-0.3, -0.25) is 14.8 Å². The van der Waals surface area contributed by atoms with Crippen LogP contribution in [-0.4, -0.2) is 27.5 Å². The number of amides is 1. The Morgan fingerprint density at radius 3 is 2.58 bits per heavy atom. The molecule has 2 heterocycles. The summed E-state index contributed by atoms with van der Waals surface area (Å²) in [6.07, 6.45) is 6.60. The minimum absolute atomic E-state index is 0.175. The monoisotopic (exact) mass is 458 g/mol. The molecule has 0 radical (unpaired) electrons. The highest BCUT2D eigenvalue weighted by molar-refractivity contribution is 6.32. The molecule has 8 heteroatoms. The lowest BCUT2D eigenvalue weighted by molar-refractivity contribution is -0.122. The molecular weight excluding hydrogens is 435 g/mol. The third-order valence-corrected chi connectivity index (χ3v) is 5.68. The van der Waals surface area contributed by atoms with Crippen LogP contribution in [0.5, 0.6) is 5.75 Å². The number of aryl methyl sites for hydroxylation is 1. The van der Waals surface area contributed by atoms with E-state index >= 15 is 0 Å². The van der Waals surface area contributed by atoms with E-state index in [0.717, 1.165) is 22.3 Å². The first kappa shape index (κ1) is 23.0. The van der Waals surface area contributed by atoms with Gasteiger partial charge in [-0.1, -0.05) is 23.2 Å². The lowest BCUT2D eigenvalue weighted by atomic mass is 9.91. The van der Waals surface area contributed by atoms with Crippen molar-refractivity contribution in [1.29, 1.82) is 0 Å². The van der Waals surface area contributed by atoms with Gasteiger partial charge in [-0.2, -0.15) is 0 Å². The van der Waals surface area contributed by atoms with E-state index < -0.39 is 5.92 Å². The Balaban J connectivity index is 1.99. The molecule has 0 fully saturated rings. The fraction of sp³-hybridized carbons (Fsp3) is 0.304. The van der Waals surface area contributed by atoms with Gasteiger partial charge in [0.25, 0.3) is 0 Å². The van der Waals surface area contributed by atoms with Gasteiger partial charge in [-0.15, -0.1) is 0 Å². The van der Waals surface area contributed by atoms with E-state index in [4.69, 9.17) is 27.9 Å². The van der Waals surface area contributed by atoms with Crippen LogP contribution in [-0.2, 0) is 11.3 Å². The molecule has 1 amide bonds. The topological polar surface area (TPSA) is 77.0 Å². The summed E-state index contributed by atoms with van der Waals surface area (Å²) in [5.74, 6) is -0.0838. The van der Waals surface area contributed by atoms with Gasteiger partial charge < -0.3 is 10.1 Å². The highest BCUT2D eigenvalue weighted by atomic mass is 35.5. The summed E-state index contributed by atoms with van der Waals surface area (Å²) in [7, 11) is 0. The summed E-state index contributed by atoms with van der Waals surface area (Å²) < 4.78 is 6.04. The molecule has 0 spiro atoms. The number of ether oxygens (including phenoxy) is 1. The van der Waals surface area contributed by atoms with Crippen molar-refractivity contribution in [2.45, 2.75) is 40.2 Å². The van der Waals surface area contributed by atoms with Crippen molar-refractivity contribution in [1.82, 2.24) is 20.3 Å². The molecule has 1 aromatic carbocycles. The smallest absolute Gasteiger partial charge is 0.227 e. The van der Waals surface area contributed by atoms with Gasteiger partial charge in [0.05, 0.1) is 24.8 Å². The summed E-state index contributed by atoms with van der Waals surface area (Å²) in [6.45, 7) is 8.26. The van der Waals surface area contributed by atoms with E-state index in [1.165, 1.54) is 12.4 Å². The number of carbonyl (C=O) groups excluding carboxylic acids is 1. The number of benzene rings is 1. The molecule has 0 aliphatic heterocycles. The van der Waals surface area contributed by atoms with Gasteiger partial charge in [-0.25, -0.2) is 4.98 Å². The summed E-state index contributed by atoms with van der Waals surface area (Å²) in [5, 5.41) is 3.70. The molecule has 0 aliphatic rings. The molecule has 1 unspecified atom stereocenters. The van der Waals surface area contributed by atoms with Crippen molar-refractivity contribution in [3.05, 3.63) is 69.5 Å². The van der Waals surface area contributed by atoms with Crippen molar-refractivity contribution in [2.24, 2.45) is 0 Å². The first-order chi connectivity index (χ1) is 14.8. The number of rotatable bonds is 7. The van der Waals surface area contributed by atoms with Gasteiger partial charge in [-0.05, 0) is 51.0 Å². The second-order valence-corrected chi connectivity index (χ2v) is 7.96. The Kier molecular flexibility index (Phi) is 7.46. The minimum Gasteiger partial charge on any atom is -0.493 e. The van der Waals surface area contributed by atoms with Gasteiger partial charge in [0.1, 0.15) is 5.75 Å². The third kappa shape index (κ3) is 5.14. The minimum atomic E-state index is -0.522. The van der Waals surface area contributed by atoms with Crippen molar-refractivity contribution in [3.63, 3.8) is 0 Å². The lowest BCUT2D eigenvalue weighted by Crippen LogP contribution is -2.28. The molecule has 2 aromatic heterocycles. The van der Waals surface area contributed by atoms with Crippen LogP contribution in [0.25, 0.3) is 11.1 Å². The lowest BCUT2D eigenvalue weighted by Gasteiger charge is -2.22. The Labute approximate surface area is 192 Å². The highest BCUT2D eigenvalue weighted by Gasteiger charge is 2.25. The average molecular weight is 459 g/mol. The average Bonchev–Trinajstić information content (AvgIpc) is 2.75. The third-order valence-electron chi connectivity index (χ3n) is 4.97. The van der Waals surface area contributed by atoms with E-state index in [-0.39, 0.29) is 17.6 Å². The quantitative estimate of drug-likeness (QED) is 0.520. The molecular formula is C23H24Cl2N4O2. The number of carbonyl (C=O) groups is 1. The SMILES string of the molecule is CCOc1c(C(C)C(=O)NCc2nccnc2Cl)cc(Cl)c(C)c1-c1cncc(C)c1. The fourth-order valence-corrected chi connectivity index (χ4v) is 3.72. The second-order valence-electron chi connectivity index (χ2n) is 7.19. The van der Waals surface area contributed by atoms with Crippen molar-refractivity contribution in [3.8, 4) is 16.9 Å². The standard InChI is InChI=1S/C23H24Cl2N4O2/c1-5-31-21-17(14(3)23(30)29-12-19-22(25)28-7-6-27-19)9-18(24)15(4)20(21)16-8-13(2)10-26-11-16/h6-11,14H,5,12H2,1-4H3,(H,29,30). The van der Waals surface area contributed by atoms with E-state index in [9.17, 15) is 4.79 Å². The first-order valence-electron chi connectivity index (χ1n) is 9.94. The molecule has 31 heavy (non-hydrogen) atoms. The van der Waals surface area contributed by atoms with Gasteiger partial charge in [0, 0.05) is 46.5 Å². The predicted octanol–water partition coefficient (Wildman–Crippen LogP) is 5.28. The van der Waals surface area contributed by atoms with Gasteiger partial charge >= 0.3 is 0 Å². The number of hydrogen-bond acceptors (Lipinski definition) is 5. The fourth-order valence-electron chi connectivity index (χ4n) is 3.34. The van der Waals surface area contributed by atoms with Crippen molar-refractivity contribution < 1.29 is 9.53 Å². The maximum atomic E-state index is 13.0. The van der Waals surface area contributed by atoms with E-state index in [1.54, 1.807) is 18.5 Å². The number of halogens is 2. The zero-order valence-electron chi connectivity index (χ0n) is 17.9. The molecule has 0 bridgehead atoms. The first-order valence-corrected chi connectivity index (χ1v) is 10.7. The molecule has 6 nitrogen and oxygen atoms in total. The molecule has 1 N–H and O–H groups in total. The summed E-state index contributed by atoms with van der Waals surface area (Å²) in [6, 6.07) is 3.83. The Morgan fingerprint density at radius 1 is 1.16 bits per heavy atom. The molecule has 0 saturated carbocycles. The van der Waals surface area contributed by atoms with E-state index in [1.807, 2.05) is 33.8 Å². The predicted molar refractivity (Wildman–Crippen MR) is 123 cm³/mol. The Morgan fingerprint density at radius 2 is 1.90 bits per heavy atom. The van der Waals surface area contributed by atoms with Crippen LogP contribution in [0, 0.1) is 13.8 Å². The Hall–Kier alpha value is -2.70. The summed E-state index contributed by atoms with van der Waals surface area (Å²) in [5.41, 5.74) is 4.84. The molecule has 3 aromatic rings. The molecule has 1 atom stereocenters. The largest absolute Gasteiger partial charge is 0.493 e. The zero-order valence-corrected chi connectivity index (χ0v) is 19.4. The maximum absolute atomic E-state index is 13.0. The Bertz CT molecular complexity index is 1100. The molecule has 3 rings (SSSR count). The second kappa shape index (κ2) is 10.1. The maximum Gasteiger partial charge on any atom is 0.227 e. The van der Waals surface area contributed by atoms with Gasteiger partial charge in [0.2, 0.25) is 5.91 Å². The molecule has 0 aliphatic carbocycles. The number of nitrogens with one attached hydrogen (secondary N) is 1. The zero-order chi connectivity index (χ0) is 22.5. The van der Waals surface area contributed by atoms with Crippen LogP contribution in [0.2, 0.25) is 10.2 Å². The van der Waals surface area contributed by atoms with Crippen LogP contribution in [0.4, 0.5) is 0 Å². The summed E-state index contributed by atoms with van der Waals surface area (Å²) in [4.78, 5) is 25.4. The van der Waals surface area contributed by atoms with Crippen molar-refractivity contribution >= 4 is 29.1 Å². The van der Waals surface area contributed by atoms with Gasteiger partial charge in [0.15, 0.2) is 5.15 Å². The van der Waals surface area contributed by atoms with Crippen LogP contribution >= 0.6 is 23.2 Å². The van der Waals surface area contributed by atoms with E-state index in [2.05, 4.69) is 20.3 Å². The molecule has 162 valence electrons. The van der Waals surface area contributed by atoms with Crippen LogP contribution in [0.15, 0.2) is 36.9 Å².